The van der Waals surface area contributed by atoms with Crippen LogP contribution in [0.3, 0.4) is 0 Å². The molecule has 0 fully saturated rings. The monoisotopic (exact) mass is 440 g/mol. The zero-order valence-corrected chi connectivity index (χ0v) is 18.4. The Labute approximate surface area is 181 Å². The predicted molar refractivity (Wildman–Crippen MR) is 115 cm³/mol. The molecule has 7 heteroatoms. The molecule has 1 aromatic rings. The first kappa shape index (κ1) is 24.8. The number of ether oxygens (including phenoxy) is 3. The van der Waals surface area contributed by atoms with E-state index < -0.39 is 12.1 Å². The number of carbonyl (C=O) groups excluding carboxylic acids is 2. The Bertz CT molecular complexity index is 783. The molecule has 158 valence electrons. The van der Waals surface area contributed by atoms with Gasteiger partial charge in [0.25, 0.3) is 0 Å². The van der Waals surface area contributed by atoms with Gasteiger partial charge in [-0.25, -0.2) is 9.59 Å². The van der Waals surface area contributed by atoms with E-state index in [1.807, 2.05) is 13.0 Å². The van der Waals surface area contributed by atoms with E-state index in [1.54, 1.807) is 32.1 Å². The quantitative estimate of drug-likeness (QED) is 0.191. The lowest BCUT2D eigenvalue weighted by atomic mass is 10.0. The van der Waals surface area contributed by atoms with Crippen LogP contribution in [-0.2, 0) is 19.1 Å². The number of rotatable bonds is 11. The average Bonchev–Trinajstić information content (AvgIpc) is 2.64. The molecule has 0 bridgehead atoms. The van der Waals surface area contributed by atoms with Crippen molar-refractivity contribution < 1.29 is 23.8 Å². The fourth-order valence-corrected chi connectivity index (χ4v) is 2.71. The molecule has 0 spiro atoms. The van der Waals surface area contributed by atoms with Gasteiger partial charge in [0.1, 0.15) is 11.9 Å². The number of hydrogen-bond donors (Lipinski definition) is 0. The van der Waals surface area contributed by atoms with E-state index in [0.29, 0.717) is 35.2 Å². The van der Waals surface area contributed by atoms with Crippen LogP contribution >= 0.6 is 23.2 Å². The molecule has 0 aromatic heterocycles. The molecule has 1 aromatic carbocycles. The van der Waals surface area contributed by atoms with E-state index in [-0.39, 0.29) is 12.6 Å². The first-order chi connectivity index (χ1) is 13.7. The van der Waals surface area contributed by atoms with Gasteiger partial charge in [-0.2, -0.15) is 0 Å². The number of hydrogen-bond acceptors (Lipinski definition) is 5. The van der Waals surface area contributed by atoms with Gasteiger partial charge in [-0.05, 0) is 57.4 Å². The summed E-state index contributed by atoms with van der Waals surface area (Å²) in [5, 5.41) is 0.797. The first-order valence-corrected chi connectivity index (χ1v) is 9.91. The van der Waals surface area contributed by atoms with Crippen molar-refractivity contribution in [2.75, 3.05) is 13.2 Å². The van der Waals surface area contributed by atoms with Crippen LogP contribution in [0.4, 0.5) is 0 Å². The molecule has 0 heterocycles. The third-order valence-corrected chi connectivity index (χ3v) is 4.29. The van der Waals surface area contributed by atoms with E-state index >= 15 is 0 Å². The lowest BCUT2D eigenvalue weighted by Crippen LogP contribution is -2.23. The normalized spacial score (nSPS) is 12.5. The fraction of sp³-hybridized carbons (Fsp3) is 0.364. The Hall–Kier alpha value is -2.24. The van der Waals surface area contributed by atoms with Crippen molar-refractivity contribution in [3.05, 3.63) is 64.2 Å². The van der Waals surface area contributed by atoms with E-state index in [4.69, 9.17) is 37.4 Å². The summed E-state index contributed by atoms with van der Waals surface area (Å²) in [6.45, 7) is 9.43. The minimum absolute atomic E-state index is 0.276. The van der Waals surface area contributed by atoms with Crippen LogP contribution < -0.4 is 4.74 Å². The van der Waals surface area contributed by atoms with Gasteiger partial charge < -0.3 is 14.2 Å². The minimum atomic E-state index is -0.521. The van der Waals surface area contributed by atoms with Crippen molar-refractivity contribution in [2.45, 2.75) is 39.7 Å². The van der Waals surface area contributed by atoms with Gasteiger partial charge in [0.15, 0.2) is 6.61 Å². The number of halogens is 2. The average molecular weight is 441 g/mol. The highest BCUT2D eigenvalue weighted by molar-refractivity contribution is 6.35. The van der Waals surface area contributed by atoms with Gasteiger partial charge in [0, 0.05) is 11.1 Å². The molecule has 0 saturated carbocycles. The smallest absolute Gasteiger partial charge is 0.344 e. The Balaban J connectivity index is 2.52. The highest BCUT2D eigenvalue weighted by Crippen LogP contribution is 2.27. The lowest BCUT2D eigenvalue weighted by molar-refractivity contribution is -0.150. The van der Waals surface area contributed by atoms with Gasteiger partial charge in [0.05, 0.1) is 11.6 Å². The molecule has 0 N–H and O–H groups in total. The lowest BCUT2D eigenvalue weighted by Gasteiger charge is -2.18. The molecule has 0 aliphatic carbocycles. The highest BCUT2D eigenvalue weighted by Gasteiger charge is 2.16. The van der Waals surface area contributed by atoms with Crippen LogP contribution in [0.25, 0.3) is 0 Å². The van der Waals surface area contributed by atoms with Crippen molar-refractivity contribution in [1.82, 2.24) is 0 Å². The summed E-state index contributed by atoms with van der Waals surface area (Å²) in [4.78, 5) is 23.4. The zero-order valence-electron chi connectivity index (χ0n) is 16.9. The van der Waals surface area contributed by atoms with Gasteiger partial charge in [-0.1, -0.05) is 47.5 Å². The third kappa shape index (κ3) is 10.2. The molecule has 0 amide bonds. The van der Waals surface area contributed by atoms with E-state index in [2.05, 4.69) is 6.58 Å². The molecule has 1 rings (SSSR count). The Morgan fingerprint density at radius 2 is 1.97 bits per heavy atom. The summed E-state index contributed by atoms with van der Waals surface area (Å²) in [5.41, 5.74) is 1.76. The van der Waals surface area contributed by atoms with Crippen LogP contribution in [0, 0.1) is 0 Å². The summed E-state index contributed by atoms with van der Waals surface area (Å²) < 4.78 is 15.7. The van der Waals surface area contributed by atoms with Gasteiger partial charge in [-0.3, -0.25) is 0 Å². The maximum Gasteiger partial charge on any atom is 0.344 e. The molecular formula is C22H26Cl2O5. The molecule has 0 aliphatic rings. The van der Waals surface area contributed by atoms with Crippen molar-refractivity contribution >= 4 is 35.1 Å². The fourth-order valence-electron chi connectivity index (χ4n) is 2.25. The van der Waals surface area contributed by atoms with Crippen LogP contribution in [-0.4, -0.2) is 31.3 Å². The molecule has 29 heavy (non-hydrogen) atoms. The second-order valence-corrected chi connectivity index (χ2v) is 7.19. The largest absolute Gasteiger partial charge is 0.480 e. The highest BCUT2D eigenvalue weighted by atomic mass is 35.5. The Kier molecular flexibility index (Phi) is 11.2. The summed E-state index contributed by atoms with van der Waals surface area (Å²) in [6.07, 6.45) is 5.62. The molecule has 5 nitrogen and oxygen atoms in total. The number of allylic oxidation sites excluding steroid dienone is 3. The molecular weight excluding hydrogens is 415 g/mol. The molecule has 1 unspecified atom stereocenters. The summed E-state index contributed by atoms with van der Waals surface area (Å²) in [7, 11) is 0. The van der Waals surface area contributed by atoms with Gasteiger partial charge in [-0.15, -0.1) is 0 Å². The van der Waals surface area contributed by atoms with Gasteiger partial charge in [0.2, 0.25) is 0 Å². The van der Waals surface area contributed by atoms with E-state index in [0.717, 1.165) is 11.1 Å². The van der Waals surface area contributed by atoms with Crippen molar-refractivity contribution in [1.29, 1.82) is 0 Å². The van der Waals surface area contributed by atoms with E-state index in [9.17, 15) is 9.59 Å². The zero-order chi connectivity index (χ0) is 21.8. The molecule has 0 saturated heterocycles. The van der Waals surface area contributed by atoms with Crippen molar-refractivity contribution in [3.8, 4) is 5.75 Å². The molecule has 0 radical (unpaired) electrons. The topological polar surface area (TPSA) is 61.8 Å². The van der Waals surface area contributed by atoms with Crippen molar-refractivity contribution in [2.24, 2.45) is 0 Å². The Morgan fingerprint density at radius 3 is 2.59 bits per heavy atom. The standard InChI is InChI=1S/C22H26Cl2O5/c1-5-27-21(25)8-6-7-16(4)9-11-19(15(2)3)29-22(26)14-28-20-12-10-17(23)13-18(20)24/h6-8,10,12-13,19H,2,5,9,11,14H2,1,3-4H3/b8-6+,16-7+. The number of esters is 2. The maximum absolute atomic E-state index is 12.1. The summed E-state index contributed by atoms with van der Waals surface area (Å²) in [6, 6.07) is 4.74. The predicted octanol–water partition coefficient (Wildman–Crippen LogP) is 5.71. The van der Waals surface area contributed by atoms with Crippen LogP contribution in [0.5, 0.6) is 5.75 Å². The summed E-state index contributed by atoms with van der Waals surface area (Å²) in [5.74, 6) is -0.550. The Morgan fingerprint density at radius 1 is 1.24 bits per heavy atom. The minimum Gasteiger partial charge on any atom is -0.480 e. The first-order valence-electron chi connectivity index (χ1n) is 9.16. The third-order valence-electron chi connectivity index (χ3n) is 3.76. The van der Waals surface area contributed by atoms with Crippen LogP contribution in [0.1, 0.15) is 33.6 Å². The van der Waals surface area contributed by atoms with Crippen molar-refractivity contribution in [3.63, 3.8) is 0 Å². The maximum atomic E-state index is 12.1. The van der Waals surface area contributed by atoms with E-state index in [1.165, 1.54) is 12.1 Å². The number of carbonyl (C=O) groups is 2. The van der Waals surface area contributed by atoms with Gasteiger partial charge >= 0.3 is 11.9 Å². The van der Waals surface area contributed by atoms with Crippen LogP contribution in [0.15, 0.2) is 54.2 Å². The summed E-state index contributed by atoms with van der Waals surface area (Å²) >= 11 is 11.8. The second kappa shape index (κ2) is 13.1. The number of benzene rings is 1. The second-order valence-electron chi connectivity index (χ2n) is 6.35. The van der Waals surface area contributed by atoms with Crippen LogP contribution in [0.2, 0.25) is 10.0 Å². The molecule has 1 atom stereocenters. The molecule has 0 aliphatic heterocycles. The SMILES string of the molecule is C=C(C)C(CC/C(C)=C/C=C/C(=O)OCC)OC(=O)COc1ccc(Cl)cc1Cl.